The van der Waals surface area contributed by atoms with Crippen LogP contribution in [0.2, 0.25) is 0 Å². The molecule has 0 aromatic rings. The van der Waals surface area contributed by atoms with Crippen molar-refractivity contribution < 1.29 is 34.2 Å². The zero-order valence-corrected chi connectivity index (χ0v) is 22.0. The molecule has 34 heavy (non-hydrogen) atoms. The van der Waals surface area contributed by atoms with Crippen LogP contribution in [0, 0.1) is 0 Å². The molecular weight excluding hydrogens is 434 g/mol. The van der Waals surface area contributed by atoms with Gasteiger partial charge in [0.1, 0.15) is 6.04 Å². The minimum absolute atomic E-state index is 0.185. The first-order chi connectivity index (χ1) is 16.1. The zero-order chi connectivity index (χ0) is 26.0. The van der Waals surface area contributed by atoms with Crippen LogP contribution in [0.5, 0.6) is 0 Å². The van der Waals surface area contributed by atoms with E-state index in [-0.39, 0.29) is 6.54 Å². The van der Waals surface area contributed by atoms with Gasteiger partial charge in [-0.25, -0.2) is 9.59 Å². The molecule has 0 saturated carbocycles. The Balaban J connectivity index is 4.32. The summed E-state index contributed by atoms with van der Waals surface area (Å²) in [5, 5.41) is 30.8. The van der Waals surface area contributed by atoms with Crippen LogP contribution in [0.1, 0.15) is 118 Å². The summed E-state index contributed by atoms with van der Waals surface area (Å²) in [5.41, 5.74) is 0. The molecule has 0 aliphatic heterocycles. The fraction of sp³-hybridized carbons (Fsp3) is 0.815. The fourth-order valence-electron chi connectivity index (χ4n) is 4.89. The molecule has 0 radical (unpaired) electrons. The summed E-state index contributed by atoms with van der Waals surface area (Å²) in [6, 6.07) is -3.55. The molecule has 0 aliphatic rings. The first kappa shape index (κ1) is 32.1. The molecule has 0 rings (SSSR count). The van der Waals surface area contributed by atoms with Gasteiger partial charge >= 0.3 is 11.9 Å². The van der Waals surface area contributed by atoms with E-state index < -0.39 is 40.5 Å². The van der Waals surface area contributed by atoms with Crippen molar-refractivity contribution in [3.8, 4) is 0 Å². The van der Waals surface area contributed by atoms with Crippen LogP contribution in [0.25, 0.3) is 0 Å². The highest BCUT2D eigenvalue weighted by Gasteiger charge is 2.50. The lowest BCUT2D eigenvalue weighted by Crippen LogP contribution is -2.72. The van der Waals surface area contributed by atoms with Gasteiger partial charge in [0, 0.05) is 0 Å². The summed E-state index contributed by atoms with van der Waals surface area (Å²) < 4.78 is -0.540. The summed E-state index contributed by atoms with van der Waals surface area (Å²) in [5.74, 6) is -3.82. The molecule has 198 valence electrons. The maximum Gasteiger partial charge on any atom is 0.362 e. The Morgan fingerprint density at radius 1 is 0.676 bits per heavy atom. The third kappa shape index (κ3) is 11.5. The van der Waals surface area contributed by atoms with Crippen molar-refractivity contribution in [1.29, 1.82) is 0 Å². The zero-order valence-electron chi connectivity index (χ0n) is 22.0. The van der Waals surface area contributed by atoms with Gasteiger partial charge in [0.25, 0.3) is 0 Å². The Morgan fingerprint density at radius 2 is 1.06 bits per heavy atom. The number of carboxylic acids is 3. The van der Waals surface area contributed by atoms with Crippen LogP contribution >= 0.6 is 0 Å². The molecule has 7 nitrogen and oxygen atoms in total. The predicted molar refractivity (Wildman–Crippen MR) is 133 cm³/mol. The van der Waals surface area contributed by atoms with Crippen LogP contribution in [-0.4, -0.2) is 57.3 Å². The van der Waals surface area contributed by atoms with Crippen LogP contribution in [0.4, 0.5) is 0 Å². The molecule has 7 heteroatoms. The van der Waals surface area contributed by atoms with Crippen LogP contribution in [0.3, 0.4) is 0 Å². The molecule has 0 amide bonds. The van der Waals surface area contributed by atoms with E-state index in [1.54, 1.807) is 0 Å². The number of rotatable bonds is 22. The highest BCUT2D eigenvalue weighted by molar-refractivity contribution is 5.76. The quantitative estimate of drug-likeness (QED) is 0.128. The van der Waals surface area contributed by atoms with E-state index in [0.717, 1.165) is 32.1 Å². The third-order valence-electron chi connectivity index (χ3n) is 7.29. The predicted octanol–water partition coefficient (Wildman–Crippen LogP) is 4.93. The van der Waals surface area contributed by atoms with Crippen molar-refractivity contribution in [2.75, 3.05) is 6.54 Å². The van der Waals surface area contributed by atoms with Gasteiger partial charge in [0.05, 0.1) is 12.5 Å². The maximum absolute atomic E-state index is 11.7. The first-order valence-electron chi connectivity index (χ1n) is 13.3. The standard InChI is InChI=1S/C27H49NO6/c1-5-6-7-8-9-10-11-12-13-14-15-16-17-18-19-20-21-28(22(2)25(29)30,23(3)26(31)32)24(4)27(33)34/h6-7,22-24H,5,8-21H2,1-4H3,(H2-,29,30,31,32,33,34)/b7-6+. The third-order valence-corrected chi connectivity index (χ3v) is 7.29. The van der Waals surface area contributed by atoms with Gasteiger partial charge in [0.2, 0.25) is 0 Å². The molecule has 0 bridgehead atoms. The smallest absolute Gasteiger partial charge is 0.362 e. The molecule has 0 fully saturated rings. The first-order valence-corrected chi connectivity index (χ1v) is 13.3. The molecular formula is C27H49NO6. The van der Waals surface area contributed by atoms with Gasteiger partial charge in [0.15, 0.2) is 12.1 Å². The summed E-state index contributed by atoms with van der Waals surface area (Å²) in [6.45, 7) is 6.49. The monoisotopic (exact) mass is 483 g/mol. The van der Waals surface area contributed by atoms with Crippen molar-refractivity contribution in [3.05, 3.63) is 12.2 Å². The minimum Gasteiger partial charge on any atom is -0.544 e. The number of carboxylic acid groups (broad SMARTS) is 3. The Labute approximate surface area is 206 Å². The van der Waals surface area contributed by atoms with Gasteiger partial charge in [-0.2, -0.15) is 0 Å². The number of hydrogen-bond donors (Lipinski definition) is 2. The second-order valence-electron chi connectivity index (χ2n) is 9.65. The van der Waals surface area contributed by atoms with Crippen LogP contribution in [0.15, 0.2) is 12.2 Å². The highest BCUT2D eigenvalue weighted by Crippen LogP contribution is 2.27. The van der Waals surface area contributed by atoms with E-state index in [0.29, 0.717) is 6.42 Å². The topological polar surface area (TPSA) is 115 Å². The second-order valence-corrected chi connectivity index (χ2v) is 9.65. The summed E-state index contributed by atoms with van der Waals surface area (Å²) in [4.78, 5) is 35.2. The van der Waals surface area contributed by atoms with Crippen molar-refractivity contribution in [1.82, 2.24) is 0 Å². The highest BCUT2D eigenvalue weighted by atomic mass is 16.4. The Morgan fingerprint density at radius 3 is 1.41 bits per heavy atom. The van der Waals surface area contributed by atoms with Crippen LogP contribution in [-0.2, 0) is 14.4 Å². The molecule has 0 spiro atoms. The molecule has 0 aliphatic carbocycles. The number of unbranched alkanes of at least 4 members (excludes halogenated alkanes) is 12. The normalized spacial score (nSPS) is 16.1. The minimum atomic E-state index is -1.42. The van der Waals surface area contributed by atoms with Crippen molar-refractivity contribution in [3.63, 3.8) is 0 Å². The van der Waals surface area contributed by atoms with Gasteiger partial charge in [-0.3, -0.25) is 4.48 Å². The molecule has 0 aromatic heterocycles. The number of carbonyl (C=O) groups is 3. The van der Waals surface area contributed by atoms with E-state index in [2.05, 4.69) is 19.1 Å². The lowest BCUT2D eigenvalue weighted by molar-refractivity contribution is -0.969. The lowest BCUT2D eigenvalue weighted by Gasteiger charge is -2.49. The Hall–Kier alpha value is -1.89. The maximum atomic E-state index is 11.7. The molecule has 3 unspecified atom stereocenters. The summed E-state index contributed by atoms with van der Waals surface area (Å²) in [7, 11) is 0. The van der Waals surface area contributed by atoms with E-state index in [1.165, 1.54) is 72.1 Å². The number of hydrogen-bond acceptors (Lipinski definition) is 4. The van der Waals surface area contributed by atoms with Gasteiger partial charge in [-0.15, -0.1) is 0 Å². The largest absolute Gasteiger partial charge is 0.544 e. The van der Waals surface area contributed by atoms with Crippen molar-refractivity contribution in [2.24, 2.45) is 0 Å². The molecule has 0 saturated heterocycles. The van der Waals surface area contributed by atoms with Gasteiger partial charge in [-0.05, 0) is 52.9 Å². The van der Waals surface area contributed by atoms with E-state index >= 15 is 0 Å². The van der Waals surface area contributed by atoms with E-state index in [1.807, 2.05) is 0 Å². The second kappa shape index (κ2) is 18.4. The van der Waals surface area contributed by atoms with Crippen molar-refractivity contribution >= 4 is 17.9 Å². The van der Waals surface area contributed by atoms with E-state index in [9.17, 15) is 29.7 Å². The SMILES string of the molecule is CC/C=C/CCCCCCCCCCCCCC[N+](C(C)C(=O)[O-])(C(C)C(=O)O)C(C)C(=O)O. The summed E-state index contributed by atoms with van der Waals surface area (Å²) in [6.07, 6.45) is 20.4. The number of quaternary nitrogens is 1. The van der Waals surface area contributed by atoms with Crippen LogP contribution < -0.4 is 5.11 Å². The summed E-state index contributed by atoms with van der Waals surface area (Å²) >= 11 is 0. The number of nitrogens with zero attached hydrogens (tertiary/aromatic N) is 1. The molecule has 0 aromatic carbocycles. The number of carbonyl (C=O) groups excluding carboxylic acids is 1. The van der Waals surface area contributed by atoms with Gasteiger partial charge in [-0.1, -0.05) is 76.9 Å². The van der Waals surface area contributed by atoms with Gasteiger partial charge < -0.3 is 20.1 Å². The molecule has 0 heterocycles. The molecule has 3 atom stereocenters. The van der Waals surface area contributed by atoms with E-state index in [4.69, 9.17) is 0 Å². The Kier molecular flexibility index (Phi) is 17.4. The average molecular weight is 484 g/mol. The number of allylic oxidation sites excluding steroid dienone is 2. The van der Waals surface area contributed by atoms with Crippen molar-refractivity contribution in [2.45, 2.75) is 136 Å². The Bertz CT molecular complexity index is 568. The molecule has 2 N–H and O–H groups in total. The average Bonchev–Trinajstić information content (AvgIpc) is 2.80. The fourth-order valence-corrected chi connectivity index (χ4v) is 4.89. The number of aliphatic carboxylic acids is 3. The lowest BCUT2D eigenvalue weighted by atomic mass is 10.00.